The van der Waals surface area contributed by atoms with Crippen LogP contribution >= 0.6 is 0 Å². The first-order chi connectivity index (χ1) is 7.88. The lowest BCUT2D eigenvalue weighted by Gasteiger charge is -2.37. The van der Waals surface area contributed by atoms with Crippen LogP contribution in [-0.4, -0.2) is 13.1 Å². The van der Waals surface area contributed by atoms with E-state index in [2.05, 4.69) is 18.8 Å². The average molecular weight is 223 g/mol. The van der Waals surface area contributed by atoms with Gasteiger partial charge in [-0.3, -0.25) is 0 Å². The number of hydrogen-bond donors (Lipinski definition) is 1. The van der Waals surface area contributed by atoms with Crippen molar-refractivity contribution in [2.45, 2.75) is 58.3 Å². The quantitative estimate of drug-likeness (QED) is 0.433. The third-order valence-electron chi connectivity index (χ3n) is 3.89. The Hall–Kier alpha value is -0.300. The zero-order chi connectivity index (χ0) is 11.6. The molecule has 1 fully saturated rings. The van der Waals surface area contributed by atoms with E-state index in [4.69, 9.17) is 0 Å². The third kappa shape index (κ3) is 5.16. The van der Waals surface area contributed by atoms with Crippen LogP contribution in [0.2, 0.25) is 0 Å². The highest BCUT2D eigenvalue weighted by Crippen LogP contribution is 2.37. The Morgan fingerprint density at radius 2 is 2.00 bits per heavy atom. The number of hydrogen-bond acceptors (Lipinski definition) is 1. The van der Waals surface area contributed by atoms with Crippen LogP contribution < -0.4 is 5.32 Å². The van der Waals surface area contributed by atoms with Crippen LogP contribution in [0.25, 0.3) is 0 Å². The Bertz CT molecular complexity index is 176. The van der Waals surface area contributed by atoms with Gasteiger partial charge in [-0.1, -0.05) is 32.3 Å². The van der Waals surface area contributed by atoms with Crippen LogP contribution in [0.1, 0.15) is 58.3 Å². The normalized spacial score (nSPS) is 24.1. The molecule has 0 aliphatic heterocycles. The first-order valence-electron chi connectivity index (χ1n) is 7.20. The molecular weight excluding hydrogens is 194 g/mol. The van der Waals surface area contributed by atoms with Crippen molar-refractivity contribution in [3.63, 3.8) is 0 Å². The lowest BCUT2D eigenvalue weighted by molar-refractivity contribution is 0.156. The lowest BCUT2D eigenvalue weighted by Crippen LogP contribution is -2.35. The average Bonchev–Trinajstić information content (AvgIpc) is 2.27. The maximum Gasteiger partial charge on any atom is -0.00179 e. The first-order valence-corrected chi connectivity index (χ1v) is 7.20. The number of rotatable bonds is 10. The van der Waals surface area contributed by atoms with Gasteiger partial charge in [0.25, 0.3) is 0 Å². The molecule has 2 atom stereocenters. The summed E-state index contributed by atoms with van der Waals surface area (Å²) in [4.78, 5) is 0. The molecule has 1 nitrogen and oxygen atoms in total. The molecule has 1 saturated carbocycles. The molecule has 0 aromatic heterocycles. The molecule has 0 amide bonds. The Kier molecular flexibility index (Phi) is 7.58. The molecule has 0 bridgehead atoms. The van der Waals surface area contributed by atoms with E-state index in [1.54, 1.807) is 0 Å². The lowest BCUT2D eigenvalue weighted by atomic mass is 9.71. The summed E-state index contributed by atoms with van der Waals surface area (Å²) in [6.45, 7) is 8.47. The van der Waals surface area contributed by atoms with Gasteiger partial charge in [0, 0.05) is 0 Å². The van der Waals surface area contributed by atoms with E-state index < -0.39 is 0 Å². The number of allylic oxidation sites excluding steroid dienone is 1. The summed E-state index contributed by atoms with van der Waals surface area (Å²) in [6.07, 6.45) is 13.1. The van der Waals surface area contributed by atoms with Crippen molar-refractivity contribution in [3.05, 3.63) is 12.7 Å². The fourth-order valence-electron chi connectivity index (χ4n) is 2.62. The molecule has 1 heteroatoms. The van der Waals surface area contributed by atoms with Crippen LogP contribution in [0.3, 0.4) is 0 Å². The van der Waals surface area contributed by atoms with Crippen molar-refractivity contribution in [3.8, 4) is 0 Å². The Morgan fingerprint density at radius 3 is 2.62 bits per heavy atom. The SMILES string of the molecule is C=CCCCCCC1CCC1CNCCC. The van der Waals surface area contributed by atoms with Crippen LogP contribution in [0.5, 0.6) is 0 Å². The highest BCUT2D eigenvalue weighted by atomic mass is 14.9. The van der Waals surface area contributed by atoms with Gasteiger partial charge in [-0.25, -0.2) is 0 Å². The largest absolute Gasteiger partial charge is 0.316 e. The zero-order valence-electron chi connectivity index (χ0n) is 11.0. The summed E-state index contributed by atoms with van der Waals surface area (Å²) in [5, 5.41) is 3.56. The van der Waals surface area contributed by atoms with Crippen molar-refractivity contribution in [1.82, 2.24) is 5.32 Å². The third-order valence-corrected chi connectivity index (χ3v) is 3.89. The second-order valence-electron chi connectivity index (χ2n) is 5.23. The van der Waals surface area contributed by atoms with Gasteiger partial charge in [0.05, 0.1) is 0 Å². The van der Waals surface area contributed by atoms with Crippen molar-refractivity contribution >= 4 is 0 Å². The minimum Gasteiger partial charge on any atom is -0.316 e. The summed E-state index contributed by atoms with van der Waals surface area (Å²) in [6, 6.07) is 0. The van der Waals surface area contributed by atoms with Crippen molar-refractivity contribution in [1.29, 1.82) is 0 Å². The summed E-state index contributed by atoms with van der Waals surface area (Å²) < 4.78 is 0. The molecule has 16 heavy (non-hydrogen) atoms. The van der Waals surface area contributed by atoms with Gasteiger partial charge in [-0.2, -0.15) is 0 Å². The van der Waals surface area contributed by atoms with Crippen LogP contribution in [0, 0.1) is 11.8 Å². The summed E-state index contributed by atoms with van der Waals surface area (Å²) in [5.74, 6) is 2.03. The molecule has 2 unspecified atom stereocenters. The highest BCUT2D eigenvalue weighted by Gasteiger charge is 2.29. The van der Waals surface area contributed by atoms with E-state index in [1.165, 1.54) is 64.5 Å². The molecule has 1 aliphatic carbocycles. The van der Waals surface area contributed by atoms with Gasteiger partial charge in [-0.05, 0) is 57.0 Å². The summed E-state index contributed by atoms with van der Waals surface area (Å²) in [7, 11) is 0. The topological polar surface area (TPSA) is 12.0 Å². The molecule has 0 aromatic carbocycles. The van der Waals surface area contributed by atoms with Gasteiger partial charge in [0.15, 0.2) is 0 Å². The summed E-state index contributed by atoms with van der Waals surface area (Å²) in [5.41, 5.74) is 0. The van der Waals surface area contributed by atoms with Crippen LogP contribution in [0.15, 0.2) is 12.7 Å². The molecule has 0 radical (unpaired) electrons. The zero-order valence-corrected chi connectivity index (χ0v) is 11.0. The minimum atomic E-state index is 0.992. The van der Waals surface area contributed by atoms with Crippen LogP contribution in [0.4, 0.5) is 0 Å². The molecular formula is C15H29N. The molecule has 0 saturated heterocycles. The van der Waals surface area contributed by atoms with E-state index in [0.29, 0.717) is 0 Å². The second-order valence-corrected chi connectivity index (χ2v) is 5.23. The molecule has 1 N–H and O–H groups in total. The molecule has 0 aromatic rings. The standard InChI is InChI=1S/C15H29N/c1-3-5-6-7-8-9-14-10-11-15(14)13-16-12-4-2/h3,14-16H,1,4-13H2,2H3. The number of nitrogens with one attached hydrogen (secondary N) is 1. The predicted molar refractivity (Wildman–Crippen MR) is 72.7 cm³/mol. The van der Waals surface area contributed by atoms with Crippen molar-refractivity contribution < 1.29 is 0 Å². The summed E-state index contributed by atoms with van der Waals surface area (Å²) >= 11 is 0. The Morgan fingerprint density at radius 1 is 1.19 bits per heavy atom. The van der Waals surface area contributed by atoms with Crippen molar-refractivity contribution in [2.75, 3.05) is 13.1 Å². The van der Waals surface area contributed by atoms with E-state index in [9.17, 15) is 0 Å². The molecule has 1 rings (SSSR count). The first kappa shape index (κ1) is 13.8. The fourth-order valence-corrected chi connectivity index (χ4v) is 2.62. The molecule has 0 spiro atoms. The fraction of sp³-hybridized carbons (Fsp3) is 0.867. The smallest absolute Gasteiger partial charge is 0.00179 e. The van der Waals surface area contributed by atoms with Gasteiger partial charge in [0.1, 0.15) is 0 Å². The van der Waals surface area contributed by atoms with Gasteiger partial charge >= 0.3 is 0 Å². The van der Waals surface area contributed by atoms with Crippen LogP contribution in [-0.2, 0) is 0 Å². The maximum atomic E-state index is 3.77. The maximum absolute atomic E-state index is 3.77. The van der Waals surface area contributed by atoms with Gasteiger partial charge < -0.3 is 5.32 Å². The highest BCUT2D eigenvalue weighted by molar-refractivity contribution is 4.82. The van der Waals surface area contributed by atoms with Crippen molar-refractivity contribution in [2.24, 2.45) is 11.8 Å². The number of unbranched alkanes of at least 4 members (excludes halogenated alkanes) is 3. The van der Waals surface area contributed by atoms with E-state index in [-0.39, 0.29) is 0 Å². The predicted octanol–water partition coefficient (Wildman–Crippen LogP) is 4.15. The molecule has 94 valence electrons. The van der Waals surface area contributed by atoms with E-state index in [1.807, 2.05) is 6.08 Å². The minimum absolute atomic E-state index is 0.992. The Labute approximate surface area is 102 Å². The molecule has 1 aliphatic rings. The van der Waals surface area contributed by atoms with Gasteiger partial charge in [-0.15, -0.1) is 6.58 Å². The Balaban J connectivity index is 1.94. The monoisotopic (exact) mass is 223 g/mol. The van der Waals surface area contributed by atoms with E-state index in [0.717, 1.165) is 11.8 Å². The second kappa shape index (κ2) is 8.81. The molecule has 0 heterocycles. The van der Waals surface area contributed by atoms with E-state index >= 15 is 0 Å². The van der Waals surface area contributed by atoms with Gasteiger partial charge in [0.2, 0.25) is 0 Å².